The third-order valence-electron chi connectivity index (χ3n) is 5.19. The Morgan fingerprint density at radius 3 is 2.85 bits per heavy atom. The summed E-state index contributed by atoms with van der Waals surface area (Å²) < 4.78 is 5.71. The summed E-state index contributed by atoms with van der Waals surface area (Å²) >= 11 is 0. The van der Waals surface area contributed by atoms with Gasteiger partial charge in [-0.1, -0.05) is 6.07 Å². The number of nitrogens with zero attached hydrogens (tertiary/aromatic N) is 3. The Bertz CT molecular complexity index is 780. The van der Waals surface area contributed by atoms with Crippen molar-refractivity contribution < 1.29 is 9.53 Å². The predicted octanol–water partition coefficient (Wildman–Crippen LogP) is 2.43. The summed E-state index contributed by atoms with van der Waals surface area (Å²) in [6, 6.07) is 4.06. The molecule has 0 spiro atoms. The van der Waals surface area contributed by atoms with Gasteiger partial charge >= 0.3 is 6.03 Å². The molecule has 1 saturated heterocycles. The Morgan fingerprint density at radius 1 is 1.33 bits per heavy atom. The van der Waals surface area contributed by atoms with Gasteiger partial charge in [0.1, 0.15) is 5.82 Å². The molecule has 1 atom stereocenters. The number of imidazole rings is 1. The van der Waals surface area contributed by atoms with E-state index in [4.69, 9.17) is 4.74 Å². The number of H-pyrrole nitrogens is 1. The van der Waals surface area contributed by atoms with E-state index in [0.29, 0.717) is 19.6 Å². The Morgan fingerprint density at radius 2 is 2.15 bits per heavy atom. The summed E-state index contributed by atoms with van der Waals surface area (Å²) in [6.07, 6.45) is 2.24. The van der Waals surface area contributed by atoms with Crippen molar-refractivity contribution in [2.45, 2.75) is 39.3 Å². The molecule has 1 fully saturated rings. The highest BCUT2D eigenvalue weighted by Crippen LogP contribution is 2.19. The Labute approximate surface area is 161 Å². The van der Waals surface area contributed by atoms with E-state index in [9.17, 15) is 4.79 Å². The Hall–Kier alpha value is -2.12. The van der Waals surface area contributed by atoms with Gasteiger partial charge in [0.2, 0.25) is 0 Å². The van der Waals surface area contributed by atoms with Crippen molar-refractivity contribution in [2.24, 2.45) is 0 Å². The van der Waals surface area contributed by atoms with Crippen LogP contribution in [0.1, 0.15) is 29.8 Å². The lowest BCUT2D eigenvalue weighted by molar-refractivity contribution is 0.0795. The first-order valence-corrected chi connectivity index (χ1v) is 9.68. The number of fused-ring (bicyclic) bond motifs is 1. The first-order chi connectivity index (χ1) is 12.9. The van der Waals surface area contributed by atoms with Crippen LogP contribution >= 0.6 is 0 Å². The van der Waals surface area contributed by atoms with Crippen LogP contribution in [0.3, 0.4) is 0 Å². The quantitative estimate of drug-likeness (QED) is 0.782. The maximum absolute atomic E-state index is 12.8. The van der Waals surface area contributed by atoms with Gasteiger partial charge in [-0.2, -0.15) is 0 Å². The zero-order valence-electron chi connectivity index (χ0n) is 16.8. The molecule has 3 rings (SSSR count). The zero-order valence-corrected chi connectivity index (χ0v) is 16.8. The third-order valence-corrected chi connectivity index (χ3v) is 5.19. The molecule has 0 unspecified atom stereocenters. The molecule has 7 heteroatoms. The standard InChI is InChI=1S/C20H31N5O2/c1-14-7-8-17-19(15(14)2)23-18(22-17)12-21-20(26)25(10-9-24(3)4)13-16-6-5-11-27-16/h7-8,16H,5-6,9-13H2,1-4H3,(H,21,26)(H,22,23)/t16-/m0/s1. The van der Waals surface area contributed by atoms with E-state index in [0.717, 1.165) is 42.9 Å². The summed E-state index contributed by atoms with van der Waals surface area (Å²) in [4.78, 5) is 24.7. The molecule has 27 heavy (non-hydrogen) atoms. The number of carbonyl (C=O) groups excluding carboxylic acids is 1. The van der Waals surface area contributed by atoms with Crippen LogP contribution in [0.5, 0.6) is 0 Å². The normalized spacial score (nSPS) is 17.0. The van der Waals surface area contributed by atoms with Crippen LogP contribution < -0.4 is 5.32 Å². The minimum absolute atomic E-state index is 0.0688. The number of urea groups is 1. The number of benzene rings is 1. The first kappa shape index (κ1) is 19.6. The molecule has 0 radical (unpaired) electrons. The molecular weight excluding hydrogens is 342 g/mol. The number of hydrogen-bond acceptors (Lipinski definition) is 4. The molecule has 1 aliphatic heterocycles. The monoisotopic (exact) mass is 373 g/mol. The lowest BCUT2D eigenvalue weighted by atomic mass is 10.1. The van der Waals surface area contributed by atoms with Gasteiger partial charge < -0.3 is 24.8 Å². The molecule has 2 N–H and O–H groups in total. The van der Waals surface area contributed by atoms with E-state index < -0.39 is 0 Å². The van der Waals surface area contributed by atoms with E-state index in [2.05, 4.69) is 40.1 Å². The van der Waals surface area contributed by atoms with Crippen LogP contribution in [0.25, 0.3) is 11.0 Å². The maximum atomic E-state index is 12.8. The second-order valence-electron chi connectivity index (χ2n) is 7.63. The van der Waals surface area contributed by atoms with Crippen LogP contribution in [0, 0.1) is 13.8 Å². The maximum Gasteiger partial charge on any atom is 0.317 e. The molecular formula is C20H31N5O2. The lowest BCUT2D eigenvalue weighted by Crippen LogP contribution is -2.46. The molecule has 1 aromatic heterocycles. The van der Waals surface area contributed by atoms with E-state index in [1.165, 1.54) is 11.1 Å². The molecule has 0 bridgehead atoms. The molecule has 2 amide bonds. The minimum atomic E-state index is -0.0688. The van der Waals surface area contributed by atoms with Gasteiger partial charge in [0.15, 0.2) is 0 Å². The summed E-state index contributed by atoms with van der Waals surface area (Å²) in [5, 5.41) is 3.01. The Balaban J connectivity index is 1.62. The van der Waals surface area contributed by atoms with Crippen molar-refractivity contribution in [2.75, 3.05) is 40.3 Å². The van der Waals surface area contributed by atoms with Crippen LogP contribution in [0.15, 0.2) is 12.1 Å². The van der Waals surface area contributed by atoms with Crippen molar-refractivity contribution in [3.05, 3.63) is 29.1 Å². The molecule has 0 aliphatic carbocycles. The van der Waals surface area contributed by atoms with Gasteiger partial charge in [0, 0.05) is 26.2 Å². The van der Waals surface area contributed by atoms with Crippen molar-refractivity contribution in [3.63, 3.8) is 0 Å². The number of aryl methyl sites for hydroxylation is 2. The number of aromatic nitrogens is 2. The predicted molar refractivity (Wildman–Crippen MR) is 107 cm³/mol. The van der Waals surface area contributed by atoms with Gasteiger partial charge in [0.25, 0.3) is 0 Å². The highest BCUT2D eigenvalue weighted by Gasteiger charge is 2.22. The van der Waals surface area contributed by atoms with E-state index >= 15 is 0 Å². The fourth-order valence-electron chi connectivity index (χ4n) is 3.35. The van der Waals surface area contributed by atoms with Gasteiger partial charge in [-0.15, -0.1) is 0 Å². The fourth-order valence-corrected chi connectivity index (χ4v) is 3.35. The highest BCUT2D eigenvalue weighted by atomic mass is 16.5. The van der Waals surface area contributed by atoms with Crippen LogP contribution in [-0.4, -0.2) is 72.2 Å². The number of aromatic amines is 1. The zero-order chi connectivity index (χ0) is 19.4. The molecule has 1 aromatic carbocycles. The van der Waals surface area contributed by atoms with Gasteiger partial charge in [-0.05, 0) is 58.0 Å². The smallest absolute Gasteiger partial charge is 0.317 e. The van der Waals surface area contributed by atoms with Gasteiger partial charge in [-0.25, -0.2) is 9.78 Å². The summed E-state index contributed by atoms with van der Waals surface area (Å²) in [5.41, 5.74) is 4.37. The number of hydrogen-bond donors (Lipinski definition) is 2. The number of nitrogens with one attached hydrogen (secondary N) is 2. The van der Waals surface area contributed by atoms with E-state index in [1.54, 1.807) is 0 Å². The SMILES string of the molecule is Cc1ccc2[nH]c(CNC(=O)N(CCN(C)C)C[C@@H]3CCCO3)nc2c1C. The molecule has 148 valence electrons. The molecule has 1 aliphatic rings. The summed E-state index contributed by atoms with van der Waals surface area (Å²) in [5.74, 6) is 0.775. The minimum Gasteiger partial charge on any atom is -0.376 e. The van der Waals surface area contributed by atoms with E-state index in [-0.39, 0.29) is 12.1 Å². The third kappa shape index (κ3) is 4.99. The van der Waals surface area contributed by atoms with Crippen molar-refractivity contribution >= 4 is 17.1 Å². The Kier molecular flexibility index (Phi) is 6.34. The molecule has 2 heterocycles. The average Bonchev–Trinajstić information content (AvgIpc) is 3.29. The molecule has 2 aromatic rings. The largest absolute Gasteiger partial charge is 0.376 e. The average molecular weight is 374 g/mol. The van der Waals surface area contributed by atoms with Crippen LogP contribution in [0.2, 0.25) is 0 Å². The summed E-state index contributed by atoms with van der Waals surface area (Å²) in [6.45, 7) is 7.48. The van der Waals surface area contributed by atoms with Crippen molar-refractivity contribution in [1.29, 1.82) is 0 Å². The number of likely N-dealkylation sites (N-methyl/N-ethyl adjacent to an activating group) is 1. The highest BCUT2D eigenvalue weighted by molar-refractivity contribution is 5.80. The second-order valence-corrected chi connectivity index (χ2v) is 7.63. The molecule has 7 nitrogen and oxygen atoms in total. The summed E-state index contributed by atoms with van der Waals surface area (Å²) in [7, 11) is 4.03. The number of amides is 2. The van der Waals surface area contributed by atoms with Crippen LogP contribution in [-0.2, 0) is 11.3 Å². The van der Waals surface area contributed by atoms with Gasteiger partial charge in [0.05, 0.1) is 23.7 Å². The topological polar surface area (TPSA) is 73.5 Å². The molecule has 0 saturated carbocycles. The second kappa shape index (κ2) is 8.71. The van der Waals surface area contributed by atoms with Crippen molar-refractivity contribution in [1.82, 2.24) is 25.1 Å². The van der Waals surface area contributed by atoms with E-state index in [1.807, 2.05) is 25.1 Å². The lowest BCUT2D eigenvalue weighted by Gasteiger charge is -2.26. The van der Waals surface area contributed by atoms with Gasteiger partial charge in [-0.3, -0.25) is 0 Å². The fraction of sp³-hybridized carbons (Fsp3) is 0.600. The number of ether oxygens (including phenoxy) is 1. The number of carbonyl (C=O) groups is 1. The van der Waals surface area contributed by atoms with Crippen LogP contribution in [0.4, 0.5) is 4.79 Å². The van der Waals surface area contributed by atoms with Crippen molar-refractivity contribution in [3.8, 4) is 0 Å². The number of rotatable bonds is 7. The first-order valence-electron chi connectivity index (χ1n) is 9.68.